The molecule has 1 aliphatic heterocycles. The summed E-state index contributed by atoms with van der Waals surface area (Å²) in [5, 5.41) is 9.66. The van der Waals surface area contributed by atoms with E-state index in [0.29, 0.717) is 16.9 Å². The van der Waals surface area contributed by atoms with Crippen LogP contribution in [0.3, 0.4) is 0 Å². The number of aliphatic carboxylic acids is 1. The van der Waals surface area contributed by atoms with Crippen LogP contribution in [0, 0.1) is 11.6 Å². The minimum absolute atomic E-state index is 0. The highest BCUT2D eigenvalue weighted by Gasteiger charge is 2.43. The van der Waals surface area contributed by atoms with E-state index in [2.05, 4.69) is 0 Å². The zero-order valence-electron chi connectivity index (χ0n) is 16.7. The largest absolute Gasteiger partial charge is 0.496 e. The van der Waals surface area contributed by atoms with Gasteiger partial charge in [0.1, 0.15) is 23.4 Å². The van der Waals surface area contributed by atoms with Crippen LogP contribution in [0.15, 0.2) is 65.6 Å². The van der Waals surface area contributed by atoms with E-state index in [0.717, 1.165) is 16.4 Å². The molecule has 10 heteroatoms. The smallest absolute Gasteiger partial charge is 0.327 e. The minimum atomic E-state index is -4.24. The maximum atomic E-state index is 14.0. The van der Waals surface area contributed by atoms with Gasteiger partial charge in [-0.1, -0.05) is 18.2 Å². The van der Waals surface area contributed by atoms with E-state index < -0.39 is 33.7 Å². The molecule has 1 aliphatic rings. The average Bonchev–Trinajstić information content (AvgIpc) is 3.15. The van der Waals surface area contributed by atoms with Gasteiger partial charge >= 0.3 is 5.97 Å². The average molecular weight is 482 g/mol. The number of ether oxygens (including phenoxy) is 1. The van der Waals surface area contributed by atoms with Gasteiger partial charge in [-0.2, -0.15) is 0 Å². The van der Waals surface area contributed by atoms with Crippen LogP contribution in [0.1, 0.15) is 5.56 Å². The van der Waals surface area contributed by atoms with Crippen LogP contribution >= 0.6 is 12.4 Å². The molecular formula is C22H18ClF2NO5S. The summed E-state index contributed by atoms with van der Waals surface area (Å²) in [4.78, 5) is 11.7. The third kappa shape index (κ3) is 3.89. The molecular weight excluding hydrogens is 464 g/mol. The number of anilines is 1. The van der Waals surface area contributed by atoms with E-state index in [4.69, 9.17) is 4.74 Å². The van der Waals surface area contributed by atoms with E-state index in [9.17, 15) is 27.1 Å². The number of rotatable bonds is 5. The van der Waals surface area contributed by atoms with Crippen LogP contribution in [0.4, 0.5) is 14.5 Å². The molecule has 1 unspecified atom stereocenters. The molecule has 0 amide bonds. The summed E-state index contributed by atoms with van der Waals surface area (Å²) in [6.07, 6.45) is -0.0349. The van der Waals surface area contributed by atoms with Crippen molar-refractivity contribution in [2.24, 2.45) is 0 Å². The van der Waals surface area contributed by atoms with Crippen molar-refractivity contribution in [1.82, 2.24) is 0 Å². The predicted molar refractivity (Wildman–Crippen MR) is 117 cm³/mol. The number of carboxylic acid groups (broad SMARTS) is 1. The van der Waals surface area contributed by atoms with Gasteiger partial charge in [0, 0.05) is 23.6 Å². The molecule has 3 aromatic rings. The SMILES string of the molecule is COc1cccc2c1CC(C(=O)O)N2S(=O)(=O)c1ccc(-c2ccc(F)cc2F)cc1.Cl. The van der Waals surface area contributed by atoms with Gasteiger partial charge in [0.05, 0.1) is 17.7 Å². The van der Waals surface area contributed by atoms with E-state index in [1.54, 1.807) is 12.1 Å². The van der Waals surface area contributed by atoms with Crippen LogP contribution in [0.5, 0.6) is 5.75 Å². The molecule has 0 spiro atoms. The van der Waals surface area contributed by atoms with Crippen LogP contribution in [0.25, 0.3) is 11.1 Å². The lowest BCUT2D eigenvalue weighted by molar-refractivity contribution is -0.138. The van der Waals surface area contributed by atoms with Crippen LogP contribution in [-0.4, -0.2) is 32.6 Å². The van der Waals surface area contributed by atoms with E-state index in [-0.39, 0.29) is 35.0 Å². The molecule has 168 valence electrons. The second-order valence-corrected chi connectivity index (χ2v) is 8.78. The second-order valence-electron chi connectivity index (χ2n) is 6.97. The van der Waals surface area contributed by atoms with Crippen molar-refractivity contribution in [3.05, 3.63) is 77.9 Å². The Bertz CT molecular complexity index is 1280. The van der Waals surface area contributed by atoms with Gasteiger partial charge in [-0.25, -0.2) is 22.0 Å². The number of sulfonamides is 1. The fourth-order valence-electron chi connectivity index (χ4n) is 3.73. The Hall–Kier alpha value is -3.17. The predicted octanol–water partition coefficient (Wildman–Crippen LogP) is 4.27. The summed E-state index contributed by atoms with van der Waals surface area (Å²) in [7, 11) is -2.82. The van der Waals surface area contributed by atoms with Gasteiger partial charge in [-0.05, 0) is 42.0 Å². The number of fused-ring (bicyclic) bond motifs is 1. The zero-order valence-corrected chi connectivity index (χ0v) is 18.3. The van der Waals surface area contributed by atoms with Crippen molar-refractivity contribution in [3.8, 4) is 16.9 Å². The van der Waals surface area contributed by atoms with Crippen molar-refractivity contribution < 1.29 is 31.8 Å². The van der Waals surface area contributed by atoms with Gasteiger partial charge in [-0.3, -0.25) is 4.31 Å². The molecule has 1 atom stereocenters. The van der Waals surface area contributed by atoms with Gasteiger partial charge < -0.3 is 9.84 Å². The zero-order chi connectivity index (χ0) is 22.3. The number of methoxy groups -OCH3 is 1. The van der Waals surface area contributed by atoms with E-state index in [1.807, 2.05) is 0 Å². The Labute approximate surface area is 189 Å². The normalized spacial score (nSPS) is 15.1. The monoisotopic (exact) mass is 481 g/mol. The summed E-state index contributed by atoms with van der Waals surface area (Å²) in [6, 6.07) is 11.9. The second kappa shape index (κ2) is 8.76. The van der Waals surface area contributed by atoms with Crippen LogP contribution in [0.2, 0.25) is 0 Å². The lowest BCUT2D eigenvalue weighted by Gasteiger charge is -2.24. The lowest BCUT2D eigenvalue weighted by atomic mass is 10.1. The summed E-state index contributed by atoms with van der Waals surface area (Å²) in [5.41, 5.74) is 1.20. The van der Waals surface area contributed by atoms with Crippen molar-refractivity contribution in [2.45, 2.75) is 17.4 Å². The first-order chi connectivity index (χ1) is 14.7. The number of hydrogen-bond acceptors (Lipinski definition) is 4. The van der Waals surface area contributed by atoms with Gasteiger partial charge in [0.2, 0.25) is 0 Å². The Morgan fingerprint density at radius 1 is 1.09 bits per heavy atom. The van der Waals surface area contributed by atoms with Gasteiger partial charge in [0.25, 0.3) is 10.0 Å². The molecule has 1 N–H and O–H groups in total. The van der Waals surface area contributed by atoms with E-state index in [1.165, 1.54) is 43.5 Å². The molecule has 1 heterocycles. The first kappa shape index (κ1) is 23.5. The molecule has 0 aromatic heterocycles. The quantitative estimate of drug-likeness (QED) is 0.588. The van der Waals surface area contributed by atoms with Crippen molar-refractivity contribution in [2.75, 3.05) is 11.4 Å². The highest BCUT2D eigenvalue weighted by atomic mass is 35.5. The molecule has 0 radical (unpaired) electrons. The molecule has 0 saturated carbocycles. The fraction of sp³-hybridized carbons (Fsp3) is 0.136. The molecule has 0 aliphatic carbocycles. The Morgan fingerprint density at radius 3 is 2.38 bits per heavy atom. The third-order valence-corrected chi connectivity index (χ3v) is 7.02. The van der Waals surface area contributed by atoms with Gasteiger partial charge in [-0.15, -0.1) is 12.4 Å². The highest BCUT2D eigenvalue weighted by molar-refractivity contribution is 7.93. The number of carboxylic acids is 1. The maximum Gasteiger partial charge on any atom is 0.327 e. The minimum Gasteiger partial charge on any atom is -0.496 e. The summed E-state index contributed by atoms with van der Waals surface area (Å²) in [6.45, 7) is 0. The molecule has 32 heavy (non-hydrogen) atoms. The Balaban J connectivity index is 0.00000289. The molecule has 4 rings (SSSR count). The molecule has 0 bridgehead atoms. The first-order valence-electron chi connectivity index (χ1n) is 9.22. The Kier molecular flexibility index (Phi) is 6.43. The number of benzene rings is 3. The summed E-state index contributed by atoms with van der Waals surface area (Å²) >= 11 is 0. The van der Waals surface area contributed by atoms with Crippen LogP contribution < -0.4 is 9.04 Å². The van der Waals surface area contributed by atoms with Crippen molar-refractivity contribution in [3.63, 3.8) is 0 Å². The van der Waals surface area contributed by atoms with Crippen molar-refractivity contribution >= 4 is 34.1 Å². The number of carbonyl (C=O) groups is 1. The maximum absolute atomic E-state index is 14.0. The molecule has 6 nitrogen and oxygen atoms in total. The summed E-state index contributed by atoms with van der Waals surface area (Å²) in [5.74, 6) is -2.37. The number of halogens is 3. The van der Waals surface area contributed by atoms with Crippen LogP contribution in [-0.2, 0) is 21.2 Å². The topological polar surface area (TPSA) is 83.9 Å². The lowest BCUT2D eigenvalue weighted by Crippen LogP contribution is -2.42. The summed E-state index contributed by atoms with van der Waals surface area (Å²) < 4.78 is 60.1. The third-order valence-electron chi connectivity index (χ3n) is 5.18. The van der Waals surface area contributed by atoms with Gasteiger partial charge in [0.15, 0.2) is 0 Å². The Morgan fingerprint density at radius 2 is 1.78 bits per heavy atom. The number of nitrogens with zero attached hydrogens (tertiary/aromatic N) is 1. The fourth-order valence-corrected chi connectivity index (χ4v) is 5.37. The van der Waals surface area contributed by atoms with Crippen molar-refractivity contribution in [1.29, 1.82) is 0 Å². The molecule has 0 saturated heterocycles. The molecule has 3 aromatic carbocycles. The number of hydrogen-bond donors (Lipinski definition) is 1. The standard InChI is InChI=1S/C22H17F2NO5S.ClH/c1-30-21-4-2-3-19-17(21)12-20(22(26)27)25(19)31(28,29)15-8-5-13(6-9-15)16-10-7-14(23)11-18(16)24;/h2-11,20H,12H2,1H3,(H,26,27);1H. The molecule has 0 fully saturated rings. The van der Waals surface area contributed by atoms with E-state index >= 15 is 0 Å². The highest BCUT2D eigenvalue weighted by Crippen LogP contribution is 2.41. The first-order valence-corrected chi connectivity index (χ1v) is 10.7.